The van der Waals surface area contributed by atoms with E-state index in [2.05, 4.69) is 20.8 Å². The van der Waals surface area contributed by atoms with Crippen LogP contribution in [0.2, 0.25) is 0 Å². The molecule has 0 aliphatic rings. The van der Waals surface area contributed by atoms with Crippen molar-refractivity contribution in [1.82, 2.24) is 0 Å². The number of hydrogen-bond acceptors (Lipinski definition) is 2. The van der Waals surface area contributed by atoms with Crippen LogP contribution in [-0.2, 0) is 4.79 Å². The highest BCUT2D eigenvalue weighted by Gasteiger charge is 2.21. The van der Waals surface area contributed by atoms with Crippen molar-refractivity contribution in [3.63, 3.8) is 0 Å². The molecule has 3 heteroatoms. The molecular formula is C27H55NO2. The third-order valence-electron chi connectivity index (χ3n) is 7.09. The van der Waals surface area contributed by atoms with Crippen molar-refractivity contribution >= 4 is 5.97 Å². The van der Waals surface area contributed by atoms with Gasteiger partial charge in [-0.25, -0.2) is 0 Å². The number of rotatable bonds is 24. The second-order valence-electron chi connectivity index (χ2n) is 9.55. The third kappa shape index (κ3) is 18.2. The van der Waals surface area contributed by atoms with Crippen LogP contribution < -0.4 is 5.11 Å². The van der Waals surface area contributed by atoms with E-state index in [1.807, 2.05) is 0 Å². The molecule has 0 aliphatic heterocycles. The lowest BCUT2D eigenvalue weighted by Gasteiger charge is -2.37. The van der Waals surface area contributed by atoms with Crippen molar-refractivity contribution in [3.8, 4) is 0 Å². The smallest absolute Gasteiger partial charge is 0.0786 e. The first-order valence-corrected chi connectivity index (χ1v) is 13.6. The molecule has 0 saturated carbocycles. The molecule has 0 rings (SSSR count). The highest BCUT2D eigenvalue weighted by Crippen LogP contribution is 2.16. The standard InChI is InChI=1S/C27H55NO2/c1-4-7-8-9-10-11-12-13-14-15-16-17-18-19-20-22-25-28(5-2,6-3)26-23-21-24-27(29)30/h4-26H2,1-3H3. The predicted octanol–water partition coefficient (Wildman–Crippen LogP) is 7.02. The van der Waals surface area contributed by atoms with E-state index >= 15 is 0 Å². The van der Waals surface area contributed by atoms with Gasteiger partial charge in [0.05, 0.1) is 26.2 Å². The van der Waals surface area contributed by atoms with Gasteiger partial charge in [0.2, 0.25) is 0 Å². The Labute approximate surface area is 189 Å². The number of quaternary nitrogens is 1. The summed E-state index contributed by atoms with van der Waals surface area (Å²) in [5.41, 5.74) is 0. The zero-order valence-corrected chi connectivity index (χ0v) is 21.0. The van der Waals surface area contributed by atoms with Crippen LogP contribution >= 0.6 is 0 Å². The average molecular weight is 426 g/mol. The highest BCUT2D eigenvalue weighted by molar-refractivity contribution is 5.64. The van der Waals surface area contributed by atoms with Gasteiger partial charge in [-0.3, -0.25) is 0 Å². The SMILES string of the molecule is CCCCCCCCCCCCCCCCCC[N+](CC)(CC)CCCCC(=O)[O-]. The summed E-state index contributed by atoms with van der Waals surface area (Å²) in [5, 5.41) is 10.6. The molecule has 0 unspecified atom stereocenters. The van der Waals surface area contributed by atoms with Crippen LogP contribution in [0.1, 0.15) is 143 Å². The number of carbonyl (C=O) groups is 1. The van der Waals surface area contributed by atoms with E-state index in [1.165, 1.54) is 122 Å². The lowest BCUT2D eigenvalue weighted by Crippen LogP contribution is -2.49. The number of carbonyl (C=O) groups excluding carboxylic acids is 1. The molecule has 0 aromatic heterocycles. The van der Waals surface area contributed by atoms with Gasteiger partial charge in [0.25, 0.3) is 0 Å². The van der Waals surface area contributed by atoms with Gasteiger partial charge in [0.1, 0.15) is 0 Å². The van der Waals surface area contributed by atoms with E-state index in [0.717, 1.165) is 23.9 Å². The van der Waals surface area contributed by atoms with E-state index in [9.17, 15) is 9.90 Å². The maximum Gasteiger partial charge on any atom is 0.0786 e. The summed E-state index contributed by atoms with van der Waals surface area (Å²) in [6.07, 6.45) is 24.7. The average Bonchev–Trinajstić information content (AvgIpc) is 2.75. The highest BCUT2D eigenvalue weighted by atomic mass is 16.4. The zero-order chi connectivity index (χ0) is 22.3. The molecule has 0 bridgehead atoms. The van der Waals surface area contributed by atoms with Crippen molar-refractivity contribution in [2.75, 3.05) is 26.2 Å². The maximum atomic E-state index is 10.6. The third-order valence-corrected chi connectivity index (χ3v) is 7.09. The van der Waals surface area contributed by atoms with Gasteiger partial charge in [-0.2, -0.15) is 0 Å². The first kappa shape index (κ1) is 29.4. The Morgan fingerprint density at radius 3 is 1.20 bits per heavy atom. The number of aliphatic carboxylic acids is 1. The summed E-state index contributed by atoms with van der Waals surface area (Å²) < 4.78 is 1.16. The minimum absolute atomic E-state index is 0.215. The largest absolute Gasteiger partial charge is 0.550 e. The molecule has 0 aromatic carbocycles. The second kappa shape index (κ2) is 21.7. The molecule has 0 spiro atoms. The summed E-state index contributed by atoms with van der Waals surface area (Å²) in [4.78, 5) is 10.6. The number of nitrogens with zero attached hydrogens (tertiary/aromatic N) is 1. The fourth-order valence-corrected chi connectivity index (χ4v) is 4.68. The summed E-state index contributed by atoms with van der Waals surface area (Å²) in [7, 11) is 0. The number of unbranched alkanes of at least 4 members (excludes halogenated alkanes) is 16. The minimum atomic E-state index is -0.904. The first-order chi connectivity index (χ1) is 14.6. The summed E-state index contributed by atoms with van der Waals surface area (Å²) in [5.74, 6) is -0.904. The molecule has 3 nitrogen and oxygen atoms in total. The molecule has 0 aliphatic carbocycles. The topological polar surface area (TPSA) is 40.1 Å². The summed E-state index contributed by atoms with van der Waals surface area (Å²) >= 11 is 0. The Hall–Kier alpha value is -0.570. The second-order valence-corrected chi connectivity index (χ2v) is 9.55. The molecule has 0 radical (unpaired) electrons. The van der Waals surface area contributed by atoms with Crippen LogP contribution in [0.4, 0.5) is 0 Å². The molecule has 0 atom stereocenters. The van der Waals surface area contributed by atoms with Crippen molar-refractivity contribution < 1.29 is 14.4 Å². The first-order valence-electron chi connectivity index (χ1n) is 13.6. The van der Waals surface area contributed by atoms with E-state index in [4.69, 9.17) is 0 Å². The number of carboxylic acids is 1. The fraction of sp³-hybridized carbons (Fsp3) is 0.963. The van der Waals surface area contributed by atoms with Crippen LogP contribution in [-0.4, -0.2) is 36.6 Å². The molecule has 0 saturated heterocycles. The number of hydrogen-bond donors (Lipinski definition) is 0. The Morgan fingerprint density at radius 1 is 0.533 bits per heavy atom. The van der Waals surface area contributed by atoms with Gasteiger partial charge in [0.15, 0.2) is 0 Å². The Morgan fingerprint density at radius 2 is 0.867 bits per heavy atom. The van der Waals surface area contributed by atoms with Crippen molar-refractivity contribution in [1.29, 1.82) is 0 Å². The molecule has 0 aromatic rings. The van der Waals surface area contributed by atoms with Gasteiger partial charge in [-0.15, -0.1) is 0 Å². The van der Waals surface area contributed by atoms with Gasteiger partial charge >= 0.3 is 0 Å². The van der Waals surface area contributed by atoms with Gasteiger partial charge in [0, 0.05) is 5.97 Å². The molecule has 30 heavy (non-hydrogen) atoms. The Balaban J connectivity index is 3.50. The zero-order valence-electron chi connectivity index (χ0n) is 21.0. The predicted molar refractivity (Wildman–Crippen MR) is 129 cm³/mol. The molecule has 0 fully saturated rings. The summed E-state index contributed by atoms with van der Waals surface area (Å²) in [6.45, 7) is 11.6. The molecule has 0 N–H and O–H groups in total. The van der Waals surface area contributed by atoms with Crippen LogP contribution in [0, 0.1) is 0 Å². The quantitative estimate of drug-likeness (QED) is 0.123. The molecule has 0 amide bonds. The van der Waals surface area contributed by atoms with Crippen molar-refractivity contribution in [3.05, 3.63) is 0 Å². The lowest BCUT2D eigenvalue weighted by atomic mass is 10.0. The fourth-order valence-electron chi connectivity index (χ4n) is 4.68. The van der Waals surface area contributed by atoms with E-state index in [1.54, 1.807) is 0 Å². The van der Waals surface area contributed by atoms with E-state index < -0.39 is 5.97 Å². The molecule has 0 heterocycles. The van der Waals surface area contributed by atoms with Gasteiger partial charge in [-0.1, -0.05) is 96.8 Å². The van der Waals surface area contributed by atoms with Crippen LogP contribution in [0.3, 0.4) is 0 Å². The molecular weight excluding hydrogens is 370 g/mol. The van der Waals surface area contributed by atoms with Gasteiger partial charge < -0.3 is 14.4 Å². The van der Waals surface area contributed by atoms with Crippen molar-refractivity contribution in [2.24, 2.45) is 0 Å². The Kier molecular flexibility index (Phi) is 21.2. The minimum Gasteiger partial charge on any atom is -0.550 e. The maximum absolute atomic E-state index is 10.6. The Bertz CT molecular complexity index is 366. The monoisotopic (exact) mass is 425 g/mol. The van der Waals surface area contributed by atoms with Crippen LogP contribution in [0.15, 0.2) is 0 Å². The van der Waals surface area contributed by atoms with E-state index in [-0.39, 0.29) is 6.42 Å². The summed E-state index contributed by atoms with van der Waals surface area (Å²) in [6, 6.07) is 0. The lowest BCUT2D eigenvalue weighted by molar-refractivity contribution is -0.925. The molecule has 180 valence electrons. The van der Waals surface area contributed by atoms with E-state index in [0.29, 0.717) is 0 Å². The van der Waals surface area contributed by atoms with Crippen molar-refractivity contribution in [2.45, 2.75) is 143 Å². The van der Waals surface area contributed by atoms with Gasteiger partial charge in [-0.05, 0) is 46.0 Å². The van der Waals surface area contributed by atoms with Crippen LogP contribution in [0.5, 0.6) is 0 Å². The normalized spacial score (nSPS) is 11.8. The number of carboxylic acid groups (broad SMARTS) is 1. The van der Waals surface area contributed by atoms with Crippen LogP contribution in [0.25, 0.3) is 0 Å².